The van der Waals surface area contributed by atoms with Gasteiger partial charge in [-0.25, -0.2) is 0 Å². The second kappa shape index (κ2) is 5.68. The van der Waals surface area contributed by atoms with E-state index in [1.54, 1.807) is 0 Å². The third kappa shape index (κ3) is 2.94. The number of rotatable bonds is 4. The molecule has 19 heavy (non-hydrogen) atoms. The first kappa shape index (κ1) is 12.6. The Morgan fingerprint density at radius 1 is 1.26 bits per heavy atom. The smallest absolute Gasteiger partial charge is 0.0543 e. The first-order valence-corrected chi connectivity index (χ1v) is 7.03. The van der Waals surface area contributed by atoms with E-state index in [0.717, 1.165) is 32.4 Å². The highest BCUT2D eigenvalue weighted by atomic mass is 16.3. The Kier molecular flexibility index (Phi) is 3.76. The number of hydrogen-bond acceptors (Lipinski definition) is 3. The lowest BCUT2D eigenvalue weighted by Gasteiger charge is -2.12. The van der Waals surface area contributed by atoms with Gasteiger partial charge in [0.1, 0.15) is 0 Å². The molecule has 1 aliphatic carbocycles. The van der Waals surface area contributed by atoms with Gasteiger partial charge < -0.3 is 10.4 Å². The molecule has 1 aromatic heterocycles. The zero-order chi connectivity index (χ0) is 13.1. The van der Waals surface area contributed by atoms with Gasteiger partial charge in [-0.15, -0.1) is 0 Å². The molecule has 2 unspecified atom stereocenters. The molecule has 2 atom stereocenters. The Labute approximate surface area is 113 Å². The maximum absolute atomic E-state index is 9.52. The first-order valence-electron chi connectivity index (χ1n) is 7.03. The van der Waals surface area contributed by atoms with Crippen molar-refractivity contribution in [3.8, 4) is 0 Å². The molecule has 0 aliphatic heterocycles. The van der Waals surface area contributed by atoms with Crippen molar-refractivity contribution in [1.82, 2.24) is 10.3 Å². The normalized spacial score (nSPS) is 23.0. The van der Waals surface area contributed by atoms with Crippen molar-refractivity contribution in [1.29, 1.82) is 0 Å². The topological polar surface area (TPSA) is 45.1 Å². The number of nitrogens with one attached hydrogen (secondary N) is 1. The minimum Gasteiger partial charge on any atom is -0.393 e. The quantitative estimate of drug-likeness (QED) is 0.883. The van der Waals surface area contributed by atoms with Crippen LogP contribution >= 0.6 is 0 Å². The molecule has 100 valence electrons. The Morgan fingerprint density at radius 2 is 2.21 bits per heavy atom. The molecule has 2 N–H and O–H groups in total. The summed E-state index contributed by atoms with van der Waals surface area (Å²) >= 11 is 0. The Morgan fingerprint density at radius 3 is 3.05 bits per heavy atom. The van der Waals surface area contributed by atoms with E-state index in [1.165, 1.54) is 16.3 Å². The number of benzene rings is 1. The summed E-state index contributed by atoms with van der Waals surface area (Å²) in [4.78, 5) is 4.16. The molecule has 0 saturated heterocycles. The maximum Gasteiger partial charge on any atom is 0.0543 e. The minimum absolute atomic E-state index is 0.0737. The lowest BCUT2D eigenvalue weighted by atomic mass is 10.1. The number of hydrogen-bond donors (Lipinski definition) is 2. The molecular formula is C16H20N2O. The van der Waals surface area contributed by atoms with Gasteiger partial charge in [0, 0.05) is 24.3 Å². The van der Waals surface area contributed by atoms with Gasteiger partial charge >= 0.3 is 0 Å². The number of nitrogens with zero attached hydrogens (tertiary/aromatic N) is 1. The van der Waals surface area contributed by atoms with E-state index in [9.17, 15) is 5.11 Å². The monoisotopic (exact) mass is 256 g/mol. The number of fused-ring (bicyclic) bond motifs is 1. The largest absolute Gasteiger partial charge is 0.393 e. The van der Waals surface area contributed by atoms with Gasteiger partial charge in [-0.1, -0.05) is 18.2 Å². The van der Waals surface area contributed by atoms with E-state index >= 15 is 0 Å². The summed E-state index contributed by atoms with van der Waals surface area (Å²) in [5.74, 6) is 0.631. The minimum atomic E-state index is -0.0737. The van der Waals surface area contributed by atoms with Crippen molar-refractivity contribution in [2.24, 2.45) is 5.92 Å². The van der Waals surface area contributed by atoms with Crippen molar-refractivity contribution in [2.75, 3.05) is 6.54 Å². The maximum atomic E-state index is 9.52. The predicted octanol–water partition coefficient (Wildman–Crippen LogP) is 2.49. The van der Waals surface area contributed by atoms with Crippen molar-refractivity contribution < 1.29 is 5.11 Å². The lowest BCUT2D eigenvalue weighted by Crippen LogP contribution is -2.21. The van der Waals surface area contributed by atoms with E-state index in [1.807, 2.05) is 12.4 Å². The van der Waals surface area contributed by atoms with Crippen molar-refractivity contribution in [2.45, 2.75) is 31.9 Å². The zero-order valence-corrected chi connectivity index (χ0v) is 11.0. The van der Waals surface area contributed by atoms with E-state index in [-0.39, 0.29) is 6.10 Å². The van der Waals surface area contributed by atoms with Crippen LogP contribution in [0.2, 0.25) is 0 Å². The summed E-state index contributed by atoms with van der Waals surface area (Å²) in [6.45, 7) is 1.88. The Hall–Kier alpha value is -1.45. The first-order chi connectivity index (χ1) is 9.33. The fraction of sp³-hybridized carbons (Fsp3) is 0.438. The van der Waals surface area contributed by atoms with E-state index < -0.39 is 0 Å². The van der Waals surface area contributed by atoms with Crippen molar-refractivity contribution in [3.63, 3.8) is 0 Å². The molecule has 0 radical (unpaired) electrons. The standard InChI is InChI=1S/C16H20N2O/c19-15-5-4-12(8-15)9-18-11-14-3-1-2-13-10-17-7-6-16(13)14/h1-3,6-7,10,12,15,18-19H,4-5,8-9,11H2. The number of aliphatic hydroxyl groups excluding tert-OH is 1. The third-order valence-corrected chi connectivity index (χ3v) is 4.03. The zero-order valence-electron chi connectivity index (χ0n) is 11.0. The molecule has 0 bridgehead atoms. The van der Waals surface area contributed by atoms with Gasteiger partial charge in [0.15, 0.2) is 0 Å². The Bertz CT molecular complexity index is 550. The molecule has 1 aromatic carbocycles. The molecule has 1 heterocycles. The lowest BCUT2D eigenvalue weighted by molar-refractivity contribution is 0.177. The van der Waals surface area contributed by atoms with Crippen LogP contribution in [-0.4, -0.2) is 22.7 Å². The van der Waals surface area contributed by atoms with Gasteiger partial charge in [-0.3, -0.25) is 4.98 Å². The molecule has 1 aliphatic rings. The molecule has 1 saturated carbocycles. The summed E-state index contributed by atoms with van der Waals surface area (Å²) in [6.07, 6.45) is 6.74. The van der Waals surface area contributed by atoms with Crippen LogP contribution in [0.4, 0.5) is 0 Å². The average Bonchev–Trinajstić information content (AvgIpc) is 2.85. The van der Waals surface area contributed by atoms with Crippen LogP contribution < -0.4 is 5.32 Å². The van der Waals surface area contributed by atoms with E-state index in [2.05, 4.69) is 34.6 Å². The molecule has 1 fully saturated rings. The summed E-state index contributed by atoms with van der Waals surface area (Å²) in [5.41, 5.74) is 1.32. The van der Waals surface area contributed by atoms with Crippen LogP contribution in [0.3, 0.4) is 0 Å². The molecule has 0 spiro atoms. The summed E-state index contributed by atoms with van der Waals surface area (Å²) in [5, 5.41) is 15.5. The summed E-state index contributed by atoms with van der Waals surface area (Å²) in [7, 11) is 0. The number of aliphatic hydroxyl groups is 1. The van der Waals surface area contributed by atoms with Gasteiger partial charge in [0.2, 0.25) is 0 Å². The fourth-order valence-electron chi connectivity index (χ4n) is 2.99. The second-order valence-electron chi connectivity index (χ2n) is 5.48. The average molecular weight is 256 g/mol. The highest BCUT2D eigenvalue weighted by molar-refractivity contribution is 5.84. The number of aromatic nitrogens is 1. The molecule has 0 amide bonds. The van der Waals surface area contributed by atoms with Crippen molar-refractivity contribution in [3.05, 3.63) is 42.2 Å². The van der Waals surface area contributed by atoms with Gasteiger partial charge in [-0.2, -0.15) is 0 Å². The molecule has 3 rings (SSSR count). The molecular weight excluding hydrogens is 236 g/mol. The van der Waals surface area contributed by atoms with Crippen LogP contribution in [0, 0.1) is 5.92 Å². The predicted molar refractivity (Wildman–Crippen MR) is 76.8 cm³/mol. The van der Waals surface area contributed by atoms with Crippen LogP contribution in [0.15, 0.2) is 36.7 Å². The highest BCUT2D eigenvalue weighted by Crippen LogP contribution is 2.24. The fourth-order valence-corrected chi connectivity index (χ4v) is 2.99. The molecule has 3 heteroatoms. The summed E-state index contributed by atoms with van der Waals surface area (Å²) < 4.78 is 0. The van der Waals surface area contributed by atoms with Gasteiger partial charge in [-0.05, 0) is 48.7 Å². The van der Waals surface area contributed by atoms with E-state index in [4.69, 9.17) is 0 Å². The number of pyridine rings is 1. The Balaban J connectivity index is 1.62. The highest BCUT2D eigenvalue weighted by Gasteiger charge is 2.21. The summed E-state index contributed by atoms with van der Waals surface area (Å²) in [6, 6.07) is 8.42. The molecule has 3 nitrogen and oxygen atoms in total. The third-order valence-electron chi connectivity index (χ3n) is 4.03. The van der Waals surface area contributed by atoms with Crippen molar-refractivity contribution >= 4 is 10.8 Å². The van der Waals surface area contributed by atoms with Crippen LogP contribution in [-0.2, 0) is 6.54 Å². The van der Waals surface area contributed by atoms with Gasteiger partial charge in [0.25, 0.3) is 0 Å². The van der Waals surface area contributed by atoms with Crippen LogP contribution in [0.5, 0.6) is 0 Å². The van der Waals surface area contributed by atoms with Gasteiger partial charge in [0.05, 0.1) is 6.10 Å². The SMILES string of the molecule is OC1CCC(CNCc2cccc3cnccc23)C1. The van der Waals surface area contributed by atoms with E-state index in [0.29, 0.717) is 5.92 Å². The van der Waals surface area contributed by atoms with Crippen LogP contribution in [0.1, 0.15) is 24.8 Å². The second-order valence-corrected chi connectivity index (χ2v) is 5.48. The van der Waals surface area contributed by atoms with Crippen LogP contribution in [0.25, 0.3) is 10.8 Å². The molecule has 2 aromatic rings.